The Bertz CT molecular complexity index is 920. The van der Waals surface area contributed by atoms with Crippen molar-refractivity contribution in [3.8, 4) is 11.5 Å². The highest BCUT2D eigenvalue weighted by atomic mass is 32.2. The van der Waals surface area contributed by atoms with E-state index in [2.05, 4.69) is 55.9 Å². The van der Waals surface area contributed by atoms with Crippen LogP contribution in [0.15, 0.2) is 24.3 Å². The fourth-order valence-corrected chi connectivity index (χ4v) is 5.79. The fourth-order valence-electron chi connectivity index (χ4n) is 5.02. The molecule has 0 saturated carbocycles. The molecule has 1 atom stereocenters. The quantitative estimate of drug-likeness (QED) is 0.670. The maximum atomic E-state index is 6.51. The minimum Gasteiger partial charge on any atom is -0.497 e. The Labute approximate surface area is 185 Å². The van der Waals surface area contributed by atoms with E-state index in [4.69, 9.17) is 9.47 Å². The van der Waals surface area contributed by atoms with Crippen LogP contribution in [0.25, 0.3) is 0 Å². The molecule has 4 rings (SSSR count). The molecule has 2 aromatic rings. The van der Waals surface area contributed by atoms with E-state index in [1.165, 1.54) is 33.6 Å². The topological polar surface area (TPSA) is 24.9 Å². The van der Waals surface area contributed by atoms with Gasteiger partial charge in [-0.2, -0.15) is 11.8 Å². The molecule has 0 bridgehead atoms. The number of nitrogens with zero attached hydrogens (tertiary/aromatic N) is 2. The van der Waals surface area contributed by atoms with E-state index < -0.39 is 0 Å². The minimum atomic E-state index is -0.0879. The first-order valence-electron chi connectivity index (χ1n) is 10.8. The molecule has 0 aliphatic carbocycles. The molecule has 0 N–H and O–H groups in total. The van der Waals surface area contributed by atoms with Crippen molar-refractivity contribution >= 4 is 23.1 Å². The zero-order valence-corrected chi connectivity index (χ0v) is 20.0. The molecule has 0 aromatic heterocycles. The lowest BCUT2D eigenvalue weighted by molar-refractivity contribution is 0.143. The third-order valence-electron chi connectivity index (χ3n) is 6.72. The lowest BCUT2D eigenvalue weighted by Gasteiger charge is -2.39. The van der Waals surface area contributed by atoms with Crippen LogP contribution < -0.4 is 19.3 Å². The Balaban J connectivity index is 1.55. The third kappa shape index (κ3) is 3.73. The average Bonchev–Trinajstić information content (AvgIpc) is 3.11. The number of anilines is 2. The van der Waals surface area contributed by atoms with Gasteiger partial charge in [0.25, 0.3) is 0 Å². The van der Waals surface area contributed by atoms with Gasteiger partial charge in [0, 0.05) is 55.3 Å². The molecule has 2 aliphatic heterocycles. The highest BCUT2D eigenvalue weighted by molar-refractivity contribution is 7.98. The minimum absolute atomic E-state index is 0.0879. The van der Waals surface area contributed by atoms with Gasteiger partial charge in [-0.25, -0.2) is 0 Å². The number of ether oxygens (including phenoxy) is 2. The predicted octanol–water partition coefficient (Wildman–Crippen LogP) is 5.00. The van der Waals surface area contributed by atoms with Gasteiger partial charge in [0.15, 0.2) is 0 Å². The van der Waals surface area contributed by atoms with Gasteiger partial charge in [-0.15, -0.1) is 0 Å². The molecule has 0 radical (unpaired) electrons. The lowest BCUT2D eigenvalue weighted by atomic mass is 9.91. The molecule has 1 saturated heterocycles. The van der Waals surface area contributed by atoms with Gasteiger partial charge >= 0.3 is 0 Å². The molecule has 4 nitrogen and oxygen atoms in total. The van der Waals surface area contributed by atoms with Gasteiger partial charge in [-0.05, 0) is 74.9 Å². The summed E-state index contributed by atoms with van der Waals surface area (Å²) < 4.78 is 11.8. The number of hydrogen-bond acceptors (Lipinski definition) is 5. The zero-order valence-electron chi connectivity index (χ0n) is 19.2. The molecular formula is C25H34N2O2S. The van der Waals surface area contributed by atoms with Crippen LogP contribution >= 0.6 is 11.8 Å². The van der Waals surface area contributed by atoms with Gasteiger partial charge in [0.1, 0.15) is 17.1 Å². The molecule has 5 heteroatoms. The van der Waals surface area contributed by atoms with Gasteiger partial charge < -0.3 is 19.3 Å². The summed E-state index contributed by atoms with van der Waals surface area (Å²) in [6.07, 6.45) is 3.17. The summed E-state index contributed by atoms with van der Waals surface area (Å²) in [5, 5.41) is 0. The number of piperazine rings is 1. The average molecular weight is 427 g/mol. The van der Waals surface area contributed by atoms with Crippen LogP contribution in [0.4, 0.5) is 11.4 Å². The van der Waals surface area contributed by atoms with Crippen molar-refractivity contribution in [2.24, 2.45) is 0 Å². The summed E-state index contributed by atoms with van der Waals surface area (Å²) in [6.45, 7) is 13.2. The van der Waals surface area contributed by atoms with Crippen LogP contribution in [0.5, 0.6) is 11.5 Å². The number of methoxy groups -OCH3 is 1. The summed E-state index contributed by atoms with van der Waals surface area (Å²) in [5.41, 5.74) is 8.13. The van der Waals surface area contributed by atoms with Crippen LogP contribution in [0, 0.1) is 20.8 Å². The maximum absolute atomic E-state index is 6.51. The standard InChI is InChI=1S/C25H34N2O2S/c1-17-18(2)24-22(15-25(4,29-24)16-30-6)19(3)23(17)27-13-11-26(12-14-27)20-7-9-21(28-5)10-8-20/h7-10H,11-16H2,1-6H3. The molecule has 30 heavy (non-hydrogen) atoms. The highest BCUT2D eigenvalue weighted by Gasteiger charge is 2.38. The molecule has 2 aliphatic rings. The van der Waals surface area contributed by atoms with E-state index >= 15 is 0 Å². The smallest absolute Gasteiger partial charge is 0.127 e. The third-order valence-corrected chi connectivity index (χ3v) is 7.62. The predicted molar refractivity (Wildman–Crippen MR) is 129 cm³/mol. The molecule has 2 aromatic carbocycles. The highest BCUT2D eigenvalue weighted by Crippen LogP contribution is 2.46. The van der Waals surface area contributed by atoms with Crippen molar-refractivity contribution in [1.29, 1.82) is 0 Å². The van der Waals surface area contributed by atoms with Crippen LogP contribution in [-0.4, -0.2) is 50.9 Å². The summed E-state index contributed by atoms with van der Waals surface area (Å²) in [4.78, 5) is 5.06. The molecular weight excluding hydrogens is 392 g/mol. The maximum Gasteiger partial charge on any atom is 0.127 e. The lowest BCUT2D eigenvalue weighted by Crippen LogP contribution is -2.47. The molecule has 0 spiro atoms. The number of rotatable bonds is 5. The first-order chi connectivity index (χ1) is 14.4. The SMILES string of the molecule is COc1ccc(N2CCN(c3c(C)c(C)c4c(c3C)CC(C)(CSC)O4)CC2)cc1. The Hall–Kier alpha value is -2.01. The van der Waals surface area contributed by atoms with Gasteiger partial charge in [-0.3, -0.25) is 0 Å². The molecule has 0 amide bonds. The van der Waals surface area contributed by atoms with Crippen molar-refractivity contribution in [3.63, 3.8) is 0 Å². The molecule has 1 unspecified atom stereocenters. The van der Waals surface area contributed by atoms with Crippen LogP contribution in [0.1, 0.15) is 29.2 Å². The second-order valence-corrected chi connectivity index (χ2v) is 9.73. The summed E-state index contributed by atoms with van der Waals surface area (Å²) in [6, 6.07) is 8.42. The molecule has 162 valence electrons. The van der Waals surface area contributed by atoms with Crippen molar-refractivity contribution < 1.29 is 9.47 Å². The Morgan fingerprint density at radius 3 is 2.20 bits per heavy atom. The first kappa shape index (κ1) is 21.2. The Morgan fingerprint density at radius 2 is 1.60 bits per heavy atom. The zero-order chi connectivity index (χ0) is 21.5. The van der Waals surface area contributed by atoms with Crippen LogP contribution in [0.3, 0.4) is 0 Å². The second kappa shape index (κ2) is 8.26. The van der Waals surface area contributed by atoms with E-state index in [9.17, 15) is 0 Å². The number of benzene rings is 2. The van der Waals surface area contributed by atoms with Crippen molar-refractivity contribution in [2.75, 3.05) is 55.1 Å². The first-order valence-corrected chi connectivity index (χ1v) is 12.2. The summed E-state index contributed by atoms with van der Waals surface area (Å²) in [5.74, 6) is 3.07. The van der Waals surface area contributed by atoms with Crippen molar-refractivity contribution in [3.05, 3.63) is 46.5 Å². The Kier molecular flexibility index (Phi) is 5.84. The van der Waals surface area contributed by atoms with E-state index in [1.807, 2.05) is 23.9 Å². The monoisotopic (exact) mass is 426 g/mol. The largest absolute Gasteiger partial charge is 0.497 e. The van der Waals surface area contributed by atoms with Gasteiger partial charge in [0.2, 0.25) is 0 Å². The number of fused-ring (bicyclic) bond motifs is 1. The number of hydrogen-bond donors (Lipinski definition) is 0. The van der Waals surface area contributed by atoms with Crippen molar-refractivity contribution in [2.45, 2.75) is 39.7 Å². The van der Waals surface area contributed by atoms with Crippen LogP contribution in [-0.2, 0) is 6.42 Å². The fraction of sp³-hybridized carbons (Fsp3) is 0.520. The van der Waals surface area contributed by atoms with E-state index in [1.54, 1.807) is 7.11 Å². The van der Waals surface area contributed by atoms with Crippen LogP contribution in [0.2, 0.25) is 0 Å². The van der Waals surface area contributed by atoms with Gasteiger partial charge in [0.05, 0.1) is 7.11 Å². The normalized spacial score (nSPS) is 20.9. The summed E-state index contributed by atoms with van der Waals surface area (Å²) >= 11 is 1.87. The van der Waals surface area contributed by atoms with E-state index in [-0.39, 0.29) is 5.60 Å². The van der Waals surface area contributed by atoms with Crippen molar-refractivity contribution in [1.82, 2.24) is 0 Å². The molecule has 1 fully saturated rings. The van der Waals surface area contributed by atoms with Gasteiger partial charge in [-0.1, -0.05) is 0 Å². The molecule has 2 heterocycles. The number of thioether (sulfide) groups is 1. The second-order valence-electron chi connectivity index (χ2n) is 8.87. The Morgan fingerprint density at radius 1 is 0.967 bits per heavy atom. The summed E-state index contributed by atoms with van der Waals surface area (Å²) in [7, 11) is 1.71. The van der Waals surface area contributed by atoms with E-state index in [0.29, 0.717) is 0 Å². The van der Waals surface area contributed by atoms with E-state index in [0.717, 1.165) is 49.9 Å².